The summed E-state index contributed by atoms with van der Waals surface area (Å²) >= 11 is 3.27. The highest BCUT2D eigenvalue weighted by Gasteiger charge is 2.14. The quantitative estimate of drug-likeness (QED) is 0.292. The van der Waals surface area contributed by atoms with Crippen LogP contribution in [0.3, 0.4) is 0 Å². The van der Waals surface area contributed by atoms with Gasteiger partial charge in [0.1, 0.15) is 5.37 Å². The van der Waals surface area contributed by atoms with Crippen LogP contribution in [0.1, 0.15) is 30.8 Å². The summed E-state index contributed by atoms with van der Waals surface area (Å²) in [6.45, 7) is 3.54. The lowest BCUT2D eigenvalue weighted by molar-refractivity contribution is 0.787. The first-order valence-electron chi connectivity index (χ1n) is 6.04. The van der Waals surface area contributed by atoms with Gasteiger partial charge in [0, 0.05) is 24.2 Å². The van der Waals surface area contributed by atoms with Crippen LogP contribution in [0.25, 0.3) is 0 Å². The Balaban J connectivity index is 2.53. The zero-order chi connectivity index (χ0) is 13.2. The topological polar surface area (TPSA) is 89.3 Å². The van der Waals surface area contributed by atoms with Crippen molar-refractivity contribution in [2.24, 2.45) is 16.5 Å². The number of hydrogen-bond acceptors (Lipinski definition) is 5. The number of thioether (sulfide) groups is 1. The largest absolute Gasteiger partial charge is 0.370 e. The first kappa shape index (κ1) is 15.3. The molecule has 0 amide bonds. The second-order valence-corrected chi connectivity index (χ2v) is 5.65. The third-order valence-electron chi connectivity index (χ3n) is 2.20. The van der Waals surface area contributed by atoms with Gasteiger partial charge in [-0.3, -0.25) is 4.99 Å². The van der Waals surface area contributed by atoms with E-state index < -0.39 is 0 Å². The summed E-state index contributed by atoms with van der Waals surface area (Å²) in [5.41, 5.74) is 14.2. The lowest BCUT2D eigenvalue weighted by atomic mass is 10.3. The fraction of sp³-hybridized carbons (Fsp3) is 0.636. The molecule has 1 atom stereocenters. The van der Waals surface area contributed by atoms with Gasteiger partial charge in [-0.1, -0.05) is 13.3 Å². The molecule has 0 aliphatic rings. The molecule has 0 radical (unpaired) electrons. The number of nitrogens with one attached hydrogen (secondary N) is 1. The van der Waals surface area contributed by atoms with Crippen LogP contribution in [0.5, 0.6) is 0 Å². The molecule has 0 bridgehead atoms. The Morgan fingerprint density at radius 2 is 2.50 bits per heavy atom. The van der Waals surface area contributed by atoms with Crippen molar-refractivity contribution in [2.45, 2.75) is 25.1 Å². The standard InChI is InChI=1S/C11H21N5S2/c1-2-3-5-14-11(13)16-10(18-6-4-12)9-7-17-8-15-9/h7-8,10H,2-6,12H2,1H3,(H3,13,14,16). The van der Waals surface area contributed by atoms with Crippen molar-refractivity contribution in [1.29, 1.82) is 0 Å². The Labute approximate surface area is 116 Å². The number of guanidine groups is 1. The van der Waals surface area contributed by atoms with Gasteiger partial charge in [-0.15, -0.1) is 23.1 Å². The number of aliphatic imine (C=N–C) groups is 1. The predicted octanol–water partition coefficient (Wildman–Crippen LogP) is 1.54. The minimum Gasteiger partial charge on any atom is -0.370 e. The van der Waals surface area contributed by atoms with E-state index in [1.807, 2.05) is 10.9 Å². The summed E-state index contributed by atoms with van der Waals surface area (Å²) in [5, 5.41) is 5.24. The SMILES string of the molecule is CCCCN=C(N)NC(SCCN)c1cscn1. The summed E-state index contributed by atoms with van der Waals surface area (Å²) in [5.74, 6) is 1.34. The van der Waals surface area contributed by atoms with Gasteiger partial charge >= 0.3 is 0 Å². The molecule has 1 aromatic heterocycles. The molecule has 0 aromatic carbocycles. The average Bonchev–Trinajstić information content (AvgIpc) is 2.88. The third kappa shape index (κ3) is 5.70. The Kier molecular flexibility index (Phi) is 7.79. The molecule has 0 spiro atoms. The molecular formula is C11H21N5S2. The van der Waals surface area contributed by atoms with Gasteiger partial charge in [-0.2, -0.15) is 0 Å². The van der Waals surface area contributed by atoms with Gasteiger partial charge in [-0.25, -0.2) is 4.98 Å². The molecular weight excluding hydrogens is 266 g/mol. The van der Waals surface area contributed by atoms with Crippen molar-refractivity contribution in [3.63, 3.8) is 0 Å². The summed E-state index contributed by atoms with van der Waals surface area (Å²) < 4.78 is 0. The number of rotatable bonds is 8. The van der Waals surface area contributed by atoms with E-state index in [0.717, 1.165) is 30.8 Å². The van der Waals surface area contributed by atoms with Crippen LogP contribution in [0.15, 0.2) is 15.9 Å². The Morgan fingerprint density at radius 3 is 3.11 bits per heavy atom. The number of unbranched alkanes of at least 4 members (excludes halogenated alkanes) is 1. The van der Waals surface area contributed by atoms with E-state index >= 15 is 0 Å². The van der Waals surface area contributed by atoms with Gasteiger partial charge in [0.15, 0.2) is 5.96 Å². The number of thiazole rings is 1. The van der Waals surface area contributed by atoms with Crippen molar-refractivity contribution in [3.8, 4) is 0 Å². The molecule has 1 rings (SSSR count). The van der Waals surface area contributed by atoms with Gasteiger partial charge in [-0.05, 0) is 6.42 Å². The van der Waals surface area contributed by atoms with Crippen LogP contribution in [0, 0.1) is 0 Å². The van der Waals surface area contributed by atoms with Gasteiger partial charge in [0.2, 0.25) is 0 Å². The smallest absolute Gasteiger partial charge is 0.189 e. The van der Waals surface area contributed by atoms with E-state index in [4.69, 9.17) is 11.5 Å². The highest BCUT2D eigenvalue weighted by Crippen LogP contribution is 2.25. The monoisotopic (exact) mass is 287 g/mol. The molecule has 1 heterocycles. The number of nitrogens with two attached hydrogens (primary N) is 2. The Hall–Kier alpha value is -0.790. The fourth-order valence-electron chi connectivity index (χ4n) is 1.28. The zero-order valence-electron chi connectivity index (χ0n) is 10.6. The zero-order valence-corrected chi connectivity index (χ0v) is 12.3. The highest BCUT2D eigenvalue weighted by molar-refractivity contribution is 7.99. The Morgan fingerprint density at radius 1 is 1.67 bits per heavy atom. The van der Waals surface area contributed by atoms with E-state index in [-0.39, 0.29) is 5.37 Å². The molecule has 7 heteroatoms. The molecule has 1 aromatic rings. The van der Waals surface area contributed by atoms with Crippen LogP contribution in [0.2, 0.25) is 0 Å². The van der Waals surface area contributed by atoms with E-state index in [0.29, 0.717) is 12.5 Å². The molecule has 0 saturated heterocycles. The molecule has 0 aliphatic carbocycles. The van der Waals surface area contributed by atoms with Crippen molar-refractivity contribution >= 4 is 29.1 Å². The summed E-state index contributed by atoms with van der Waals surface area (Å²) in [4.78, 5) is 8.59. The van der Waals surface area contributed by atoms with Gasteiger partial charge in [0.05, 0.1) is 11.2 Å². The van der Waals surface area contributed by atoms with E-state index in [1.165, 1.54) is 0 Å². The second-order valence-electron chi connectivity index (χ2n) is 3.72. The second kappa shape index (κ2) is 9.18. The maximum absolute atomic E-state index is 5.86. The maximum atomic E-state index is 5.86. The van der Waals surface area contributed by atoms with Crippen molar-refractivity contribution in [2.75, 3.05) is 18.8 Å². The lowest BCUT2D eigenvalue weighted by Crippen LogP contribution is -2.34. The molecule has 102 valence electrons. The molecule has 1 unspecified atom stereocenters. The minimum absolute atomic E-state index is 0.0326. The van der Waals surface area contributed by atoms with E-state index in [9.17, 15) is 0 Å². The molecule has 18 heavy (non-hydrogen) atoms. The predicted molar refractivity (Wildman–Crippen MR) is 80.9 cm³/mol. The van der Waals surface area contributed by atoms with Crippen LogP contribution >= 0.6 is 23.1 Å². The van der Waals surface area contributed by atoms with Crippen LogP contribution in [-0.2, 0) is 0 Å². The van der Waals surface area contributed by atoms with Gasteiger partial charge in [0.25, 0.3) is 0 Å². The molecule has 5 nitrogen and oxygen atoms in total. The minimum atomic E-state index is 0.0326. The number of nitrogens with zero attached hydrogens (tertiary/aromatic N) is 2. The molecule has 0 saturated carbocycles. The summed E-state index contributed by atoms with van der Waals surface area (Å²) in [6, 6.07) is 0. The first-order valence-corrected chi connectivity index (χ1v) is 8.03. The van der Waals surface area contributed by atoms with Crippen LogP contribution in [-0.4, -0.2) is 29.8 Å². The highest BCUT2D eigenvalue weighted by atomic mass is 32.2. The average molecular weight is 287 g/mol. The Bertz CT molecular complexity index is 339. The fourth-order valence-corrected chi connectivity index (χ4v) is 2.82. The molecule has 0 fully saturated rings. The van der Waals surface area contributed by atoms with Crippen molar-refractivity contribution in [3.05, 3.63) is 16.6 Å². The molecule has 0 aliphatic heterocycles. The van der Waals surface area contributed by atoms with Crippen molar-refractivity contribution in [1.82, 2.24) is 10.3 Å². The number of hydrogen-bond donors (Lipinski definition) is 3. The first-order chi connectivity index (χ1) is 8.77. The molecule has 5 N–H and O–H groups in total. The third-order valence-corrected chi connectivity index (χ3v) is 3.96. The summed E-state index contributed by atoms with van der Waals surface area (Å²) in [6.07, 6.45) is 2.17. The van der Waals surface area contributed by atoms with Crippen LogP contribution < -0.4 is 16.8 Å². The lowest BCUT2D eigenvalue weighted by Gasteiger charge is -2.16. The van der Waals surface area contributed by atoms with Crippen molar-refractivity contribution < 1.29 is 0 Å². The maximum Gasteiger partial charge on any atom is 0.189 e. The number of aromatic nitrogens is 1. The van der Waals surface area contributed by atoms with E-state index in [2.05, 4.69) is 22.2 Å². The van der Waals surface area contributed by atoms with Gasteiger partial charge < -0.3 is 16.8 Å². The summed E-state index contributed by atoms with van der Waals surface area (Å²) in [7, 11) is 0. The normalized spacial score (nSPS) is 13.6. The van der Waals surface area contributed by atoms with Crippen LogP contribution in [0.4, 0.5) is 0 Å². The van der Waals surface area contributed by atoms with E-state index in [1.54, 1.807) is 23.1 Å².